The number of benzene rings is 1. The van der Waals surface area contributed by atoms with Crippen LogP contribution in [0.4, 0.5) is 18.0 Å². The number of hydrogen-bond donors (Lipinski definition) is 2. The molecule has 0 unspecified atom stereocenters. The lowest BCUT2D eigenvalue weighted by molar-refractivity contribution is -0.137. The van der Waals surface area contributed by atoms with Crippen LogP contribution in [0.3, 0.4) is 0 Å². The Labute approximate surface area is 150 Å². The Morgan fingerprint density at radius 1 is 1.30 bits per heavy atom. The van der Waals surface area contributed by atoms with Crippen LogP contribution in [0, 0.1) is 11.5 Å². The molecule has 0 spiro atoms. The Hall–Kier alpha value is -3.62. The van der Waals surface area contributed by atoms with Gasteiger partial charge in [-0.15, -0.1) is 5.10 Å². The Kier molecular flexibility index (Phi) is 5.96. The molecule has 0 radical (unpaired) electrons. The number of amides is 2. The Morgan fingerprint density at radius 3 is 2.52 bits per heavy atom. The van der Waals surface area contributed by atoms with Gasteiger partial charge in [0.1, 0.15) is 0 Å². The summed E-state index contributed by atoms with van der Waals surface area (Å²) in [4.78, 5) is 23.4. The molecule has 1 aromatic heterocycles. The van der Waals surface area contributed by atoms with Gasteiger partial charge in [-0.2, -0.15) is 18.4 Å². The molecule has 142 valence electrons. The van der Waals surface area contributed by atoms with E-state index in [4.69, 9.17) is 10.4 Å². The van der Waals surface area contributed by atoms with E-state index in [1.807, 2.05) is 0 Å². The highest BCUT2D eigenvalue weighted by molar-refractivity contribution is 5.92. The smallest absolute Gasteiger partial charge is 0.416 e. The van der Waals surface area contributed by atoms with E-state index in [0.717, 1.165) is 17.0 Å². The fourth-order valence-electron chi connectivity index (χ4n) is 2.06. The molecule has 1 aromatic carbocycles. The Bertz CT molecular complexity index is 857. The fourth-order valence-corrected chi connectivity index (χ4v) is 2.06. The molecular weight excluding hydrogens is 369 g/mol. The third-order valence-electron chi connectivity index (χ3n) is 3.36. The van der Waals surface area contributed by atoms with Crippen LogP contribution >= 0.6 is 0 Å². The average Bonchev–Trinajstić information content (AvgIpc) is 3.07. The lowest BCUT2D eigenvalue weighted by Gasteiger charge is -2.13. The molecule has 0 aliphatic carbocycles. The maximum absolute atomic E-state index is 12.6. The number of nitriles is 1. The van der Waals surface area contributed by atoms with Crippen molar-refractivity contribution in [1.29, 1.82) is 5.26 Å². The molecule has 0 aliphatic rings. The second kappa shape index (κ2) is 8.17. The van der Waals surface area contributed by atoms with Gasteiger partial charge in [-0.3, -0.25) is 4.79 Å². The summed E-state index contributed by atoms with van der Waals surface area (Å²) in [5.41, 5.74) is -0.659. The van der Waals surface area contributed by atoms with Crippen molar-refractivity contribution in [2.24, 2.45) is 0 Å². The number of halogens is 3. The molecule has 2 amide bonds. The van der Waals surface area contributed by atoms with Crippen LogP contribution in [0.15, 0.2) is 30.5 Å². The maximum Gasteiger partial charge on any atom is 0.416 e. The molecule has 9 nitrogen and oxygen atoms in total. The predicted octanol–water partition coefficient (Wildman–Crippen LogP) is 1.69. The SMILES string of the molecule is N#CN(Cc1ccc(C(F)(F)F)cc1)C(=O)c1cn(CCNC(=O)O)nn1. The van der Waals surface area contributed by atoms with E-state index in [1.54, 1.807) is 6.19 Å². The van der Waals surface area contributed by atoms with Crippen molar-refractivity contribution in [1.82, 2.24) is 25.2 Å². The zero-order valence-electron chi connectivity index (χ0n) is 13.6. The minimum atomic E-state index is -4.47. The Balaban J connectivity index is 2.03. The van der Waals surface area contributed by atoms with E-state index in [9.17, 15) is 22.8 Å². The number of hydrogen-bond acceptors (Lipinski definition) is 5. The molecule has 0 atom stereocenters. The van der Waals surface area contributed by atoms with Crippen molar-refractivity contribution in [3.63, 3.8) is 0 Å². The number of carbonyl (C=O) groups excluding carboxylic acids is 1. The summed E-state index contributed by atoms with van der Waals surface area (Å²) in [7, 11) is 0. The van der Waals surface area contributed by atoms with Crippen molar-refractivity contribution >= 4 is 12.0 Å². The van der Waals surface area contributed by atoms with E-state index in [1.165, 1.54) is 23.0 Å². The Morgan fingerprint density at radius 2 is 1.96 bits per heavy atom. The number of carbonyl (C=O) groups is 2. The van der Waals surface area contributed by atoms with Crippen molar-refractivity contribution in [3.05, 3.63) is 47.3 Å². The van der Waals surface area contributed by atoms with Gasteiger partial charge in [0.2, 0.25) is 0 Å². The van der Waals surface area contributed by atoms with Crippen molar-refractivity contribution in [2.75, 3.05) is 6.54 Å². The van der Waals surface area contributed by atoms with Gasteiger partial charge >= 0.3 is 12.3 Å². The molecule has 0 saturated carbocycles. The van der Waals surface area contributed by atoms with Gasteiger partial charge in [-0.25, -0.2) is 14.4 Å². The first-order chi connectivity index (χ1) is 12.7. The zero-order valence-corrected chi connectivity index (χ0v) is 13.6. The average molecular weight is 382 g/mol. The van der Waals surface area contributed by atoms with Crippen LogP contribution in [-0.2, 0) is 19.3 Å². The van der Waals surface area contributed by atoms with Crippen LogP contribution in [0.1, 0.15) is 21.6 Å². The number of alkyl halides is 3. The van der Waals surface area contributed by atoms with Crippen molar-refractivity contribution < 1.29 is 27.9 Å². The summed E-state index contributed by atoms with van der Waals surface area (Å²) in [5.74, 6) is -0.783. The lowest BCUT2D eigenvalue weighted by atomic mass is 10.1. The summed E-state index contributed by atoms with van der Waals surface area (Å²) in [5, 5.41) is 27.0. The molecule has 2 N–H and O–H groups in total. The first kappa shape index (κ1) is 19.7. The molecule has 2 aromatic rings. The van der Waals surface area contributed by atoms with Gasteiger partial charge in [0.05, 0.1) is 24.8 Å². The third kappa shape index (κ3) is 5.43. The molecule has 0 saturated heterocycles. The number of aromatic nitrogens is 3. The molecule has 0 aliphatic heterocycles. The molecule has 0 bridgehead atoms. The number of nitrogens with zero attached hydrogens (tertiary/aromatic N) is 5. The van der Waals surface area contributed by atoms with Crippen LogP contribution in [-0.4, -0.2) is 43.5 Å². The minimum Gasteiger partial charge on any atom is -0.465 e. The highest BCUT2D eigenvalue weighted by atomic mass is 19.4. The monoisotopic (exact) mass is 382 g/mol. The van der Waals surface area contributed by atoms with Crippen LogP contribution in [0.2, 0.25) is 0 Å². The molecule has 12 heteroatoms. The quantitative estimate of drug-likeness (QED) is 0.579. The first-order valence-corrected chi connectivity index (χ1v) is 7.45. The number of rotatable bonds is 6. The third-order valence-corrected chi connectivity index (χ3v) is 3.36. The van der Waals surface area contributed by atoms with E-state index in [-0.39, 0.29) is 25.3 Å². The topological polar surface area (TPSA) is 124 Å². The van der Waals surface area contributed by atoms with Crippen molar-refractivity contribution in [2.45, 2.75) is 19.3 Å². The van der Waals surface area contributed by atoms with E-state index in [0.29, 0.717) is 5.56 Å². The van der Waals surface area contributed by atoms with Gasteiger partial charge in [0, 0.05) is 6.54 Å². The minimum absolute atomic E-state index is 0.0415. The largest absolute Gasteiger partial charge is 0.465 e. The van der Waals surface area contributed by atoms with Crippen molar-refractivity contribution in [3.8, 4) is 6.19 Å². The molecule has 1 heterocycles. The highest BCUT2D eigenvalue weighted by Gasteiger charge is 2.30. The fraction of sp³-hybridized carbons (Fsp3) is 0.267. The molecular formula is C15H13F3N6O3. The summed E-state index contributed by atoms with van der Waals surface area (Å²) in [6, 6.07) is 4.08. The summed E-state index contributed by atoms with van der Waals surface area (Å²) >= 11 is 0. The van der Waals surface area contributed by atoms with Gasteiger partial charge in [0.25, 0.3) is 5.91 Å². The van der Waals surface area contributed by atoms with Crippen LogP contribution in [0.5, 0.6) is 0 Å². The first-order valence-electron chi connectivity index (χ1n) is 7.45. The molecule has 0 fully saturated rings. The van der Waals surface area contributed by atoms with E-state index >= 15 is 0 Å². The normalized spacial score (nSPS) is 10.9. The van der Waals surface area contributed by atoms with Gasteiger partial charge in [-0.1, -0.05) is 17.3 Å². The second-order valence-corrected chi connectivity index (χ2v) is 5.28. The molecule has 27 heavy (non-hydrogen) atoms. The predicted molar refractivity (Wildman–Crippen MR) is 83.0 cm³/mol. The standard InChI is InChI=1S/C15H13F3N6O3/c16-15(17,18)11-3-1-10(2-4-11)7-23(9-19)13(25)12-8-24(22-21-12)6-5-20-14(26)27/h1-4,8,20H,5-7H2,(H,26,27). The zero-order chi connectivity index (χ0) is 20.0. The van der Waals surface area contributed by atoms with Gasteiger partial charge in [-0.05, 0) is 17.7 Å². The summed E-state index contributed by atoms with van der Waals surface area (Å²) in [6.45, 7) is -0.0707. The number of nitrogens with one attached hydrogen (secondary N) is 1. The van der Waals surface area contributed by atoms with Crippen LogP contribution in [0.25, 0.3) is 0 Å². The van der Waals surface area contributed by atoms with Crippen LogP contribution < -0.4 is 5.32 Å². The maximum atomic E-state index is 12.6. The second-order valence-electron chi connectivity index (χ2n) is 5.28. The van der Waals surface area contributed by atoms with Gasteiger partial charge in [0.15, 0.2) is 11.9 Å². The summed E-state index contributed by atoms with van der Waals surface area (Å²) in [6.07, 6.45) is -2.79. The van der Waals surface area contributed by atoms with Gasteiger partial charge < -0.3 is 10.4 Å². The molecule has 2 rings (SSSR count). The number of carboxylic acid groups (broad SMARTS) is 1. The van der Waals surface area contributed by atoms with E-state index < -0.39 is 23.7 Å². The lowest BCUT2D eigenvalue weighted by Crippen LogP contribution is -2.26. The van der Waals surface area contributed by atoms with E-state index in [2.05, 4.69) is 15.6 Å². The summed E-state index contributed by atoms with van der Waals surface area (Å²) < 4.78 is 38.9. The highest BCUT2D eigenvalue weighted by Crippen LogP contribution is 2.29.